The molecule has 1 atom stereocenters. The average Bonchev–Trinajstić information content (AvgIpc) is 2.37. The molecule has 0 N–H and O–H groups in total. The van der Waals surface area contributed by atoms with Crippen molar-refractivity contribution in [2.75, 3.05) is 13.7 Å². The van der Waals surface area contributed by atoms with Gasteiger partial charge in [0.2, 0.25) is 0 Å². The van der Waals surface area contributed by atoms with Crippen LogP contribution >= 0.6 is 0 Å². The molecule has 1 unspecified atom stereocenters. The lowest BCUT2D eigenvalue weighted by atomic mass is 10.0. The van der Waals surface area contributed by atoms with Crippen LogP contribution in [0.15, 0.2) is 0 Å². The number of rotatable bonds is 3. The maximum atomic E-state index is 11.0. The Morgan fingerprint density at radius 1 is 1.43 bits per heavy atom. The van der Waals surface area contributed by atoms with Crippen molar-refractivity contribution in [1.82, 2.24) is 0 Å². The molecule has 1 heterocycles. The van der Waals surface area contributed by atoms with Gasteiger partial charge >= 0.3 is 5.97 Å². The van der Waals surface area contributed by atoms with Crippen LogP contribution in [0.5, 0.6) is 0 Å². The summed E-state index contributed by atoms with van der Waals surface area (Å²) in [5.41, 5.74) is -0.363. The summed E-state index contributed by atoms with van der Waals surface area (Å²) in [6.45, 7) is 6.22. The summed E-state index contributed by atoms with van der Waals surface area (Å²) in [5.74, 6) is -0.746. The van der Waals surface area contributed by atoms with E-state index in [0.29, 0.717) is 19.4 Å². The minimum atomic E-state index is -0.537. The summed E-state index contributed by atoms with van der Waals surface area (Å²) in [6.07, 6.45) is 0.996. The van der Waals surface area contributed by atoms with Crippen LogP contribution in [0.1, 0.15) is 33.6 Å². The highest BCUT2D eigenvalue weighted by Crippen LogP contribution is 2.33. The van der Waals surface area contributed by atoms with E-state index in [-0.39, 0.29) is 11.6 Å². The van der Waals surface area contributed by atoms with Gasteiger partial charge < -0.3 is 14.2 Å². The van der Waals surface area contributed by atoms with Crippen LogP contribution in [0.2, 0.25) is 0 Å². The molecule has 1 saturated heterocycles. The third kappa shape index (κ3) is 2.96. The third-order valence-corrected chi connectivity index (χ3v) is 2.30. The molecule has 0 spiro atoms. The highest BCUT2D eigenvalue weighted by atomic mass is 16.8. The van der Waals surface area contributed by atoms with E-state index in [9.17, 15) is 4.79 Å². The maximum Gasteiger partial charge on any atom is 0.305 e. The lowest BCUT2D eigenvalue weighted by Gasteiger charge is -2.24. The summed E-state index contributed by atoms with van der Waals surface area (Å²) in [7, 11) is 1.39. The summed E-state index contributed by atoms with van der Waals surface area (Å²) in [6, 6.07) is 0. The molecule has 0 saturated carbocycles. The fourth-order valence-electron chi connectivity index (χ4n) is 1.57. The summed E-state index contributed by atoms with van der Waals surface area (Å²) in [5, 5.41) is 0. The molecule has 1 rings (SSSR count). The molecule has 1 fully saturated rings. The van der Waals surface area contributed by atoms with Crippen LogP contribution < -0.4 is 0 Å². The molecule has 0 radical (unpaired) electrons. The summed E-state index contributed by atoms with van der Waals surface area (Å²) < 4.78 is 15.7. The zero-order valence-corrected chi connectivity index (χ0v) is 9.25. The SMILES string of the molecule is COC(=O)CCC1(C)COC(C)(C)O1. The smallest absolute Gasteiger partial charge is 0.305 e. The lowest BCUT2D eigenvalue weighted by Crippen LogP contribution is -2.31. The third-order valence-electron chi connectivity index (χ3n) is 2.30. The standard InChI is InChI=1S/C10H18O4/c1-9(2)13-7-10(3,14-9)6-5-8(11)12-4/h5-7H2,1-4H3. The Labute approximate surface area is 84.5 Å². The highest BCUT2D eigenvalue weighted by Gasteiger charge is 2.41. The van der Waals surface area contributed by atoms with Gasteiger partial charge in [0.15, 0.2) is 5.79 Å². The van der Waals surface area contributed by atoms with Crippen molar-refractivity contribution in [3.63, 3.8) is 0 Å². The normalized spacial score (nSPS) is 30.3. The van der Waals surface area contributed by atoms with E-state index in [2.05, 4.69) is 4.74 Å². The van der Waals surface area contributed by atoms with Crippen LogP contribution in [-0.4, -0.2) is 31.1 Å². The zero-order valence-electron chi connectivity index (χ0n) is 9.25. The second kappa shape index (κ2) is 3.87. The van der Waals surface area contributed by atoms with Gasteiger partial charge in [-0.25, -0.2) is 0 Å². The minimum absolute atomic E-state index is 0.209. The second-order valence-corrected chi connectivity index (χ2v) is 4.32. The van der Waals surface area contributed by atoms with Crippen molar-refractivity contribution in [3.05, 3.63) is 0 Å². The first kappa shape index (κ1) is 11.5. The van der Waals surface area contributed by atoms with Gasteiger partial charge in [-0.3, -0.25) is 4.79 Å². The van der Waals surface area contributed by atoms with E-state index < -0.39 is 5.79 Å². The van der Waals surface area contributed by atoms with Crippen molar-refractivity contribution in [1.29, 1.82) is 0 Å². The molecule has 14 heavy (non-hydrogen) atoms. The van der Waals surface area contributed by atoms with Crippen molar-refractivity contribution >= 4 is 5.97 Å². The molecule has 0 bridgehead atoms. The first-order valence-electron chi connectivity index (χ1n) is 4.78. The van der Waals surface area contributed by atoms with Gasteiger partial charge in [-0.05, 0) is 27.2 Å². The fraction of sp³-hybridized carbons (Fsp3) is 0.900. The van der Waals surface area contributed by atoms with Gasteiger partial charge in [0.1, 0.15) is 0 Å². The van der Waals surface area contributed by atoms with E-state index in [4.69, 9.17) is 9.47 Å². The van der Waals surface area contributed by atoms with Gasteiger partial charge in [-0.1, -0.05) is 0 Å². The number of hydrogen-bond acceptors (Lipinski definition) is 4. The Kier molecular flexibility index (Phi) is 3.17. The number of esters is 1. The Morgan fingerprint density at radius 3 is 2.50 bits per heavy atom. The van der Waals surface area contributed by atoms with Crippen LogP contribution in [-0.2, 0) is 19.0 Å². The van der Waals surface area contributed by atoms with Crippen LogP contribution in [0.25, 0.3) is 0 Å². The van der Waals surface area contributed by atoms with E-state index in [1.165, 1.54) is 7.11 Å². The molecule has 1 aliphatic heterocycles. The molecule has 0 aliphatic carbocycles. The molecule has 1 aliphatic rings. The van der Waals surface area contributed by atoms with Gasteiger partial charge in [0, 0.05) is 6.42 Å². The largest absolute Gasteiger partial charge is 0.469 e. The molecule has 0 aromatic heterocycles. The van der Waals surface area contributed by atoms with Gasteiger partial charge in [-0.15, -0.1) is 0 Å². The Bertz CT molecular complexity index is 224. The molecule has 82 valence electrons. The molecule has 0 amide bonds. The molecular formula is C10H18O4. The molecular weight excluding hydrogens is 184 g/mol. The maximum absolute atomic E-state index is 11.0. The van der Waals surface area contributed by atoms with Gasteiger partial charge in [-0.2, -0.15) is 0 Å². The second-order valence-electron chi connectivity index (χ2n) is 4.32. The van der Waals surface area contributed by atoms with E-state index in [1.807, 2.05) is 20.8 Å². The van der Waals surface area contributed by atoms with Crippen LogP contribution in [0, 0.1) is 0 Å². The molecule has 4 heteroatoms. The van der Waals surface area contributed by atoms with Crippen LogP contribution in [0.3, 0.4) is 0 Å². The minimum Gasteiger partial charge on any atom is -0.469 e. The average molecular weight is 202 g/mol. The van der Waals surface area contributed by atoms with E-state index in [0.717, 1.165) is 0 Å². The van der Waals surface area contributed by atoms with Gasteiger partial charge in [0.05, 0.1) is 19.3 Å². The first-order chi connectivity index (χ1) is 6.37. The van der Waals surface area contributed by atoms with Crippen molar-refractivity contribution in [3.8, 4) is 0 Å². The highest BCUT2D eigenvalue weighted by molar-refractivity contribution is 5.69. The Hall–Kier alpha value is -0.610. The number of carbonyl (C=O) groups excluding carboxylic acids is 1. The van der Waals surface area contributed by atoms with Crippen molar-refractivity contribution < 1.29 is 19.0 Å². The predicted octanol–water partition coefficient (Wildman–Crippen LogP) is 1.48. The zero-order chi connectivity index (χ0) is 10.8. The molecule has 4 nitrogen and oxygen atoms in total. The Morgan fingerprint density at radius 2 is 2.07 bits per heavy atom. The predicted molar refractivity (Wildman–Crippen MR) is 50.8 cm³/mol. The van der Waals surface area contributed by atoms with E-state index >= 15 is 0 Å². The fourth-order valence-corrected chi connectivity index (χ4v) is 1.57. The quantitative estimate of drug-likeness (QED) is 0.650. The topological polar surface area (TPSA) is 44.8 Å². The lowest BCUT2D eigenvalue weighted by molar-refractivity contribution is -0.161. The van der Waals surface area contributed by atoms with Crippen molar-refractivity contribution in [2.24, 2.45) is 0 Å². The molecule has 0 aromatic carbocycles. The number of ether oxygens (including phenoxy) is 3. The monoisotopic (exact) mass is 202 g/mol. The molecule has 0 aromatic rings. The van der Waals surface area contributed by atoms with Crippen LogP contribution in [0.4, 0.5) is 0 Å². The summed E-state index contributed by atoms with van der Waals surface area (Å²) in [4.78, 5) is 11.0. The van der Waals surface area contributed by atoms with Gasteiger partial charge in [0.25, 0.3) is 0 Å². The van der Waals surface area contributed by atoms with Crippen molar-refractivity contribution in [2.45, 2.75) is 45.0 Å². The number of hydrogen-bond donors (Lipinski definition) is 0. The number of carbonyl (C=O) groups is 1. The first-order valence-corrected chi connectivity index (χ1v) is 4.78. The van der Waals surface area contributed by atoms with E-state index in [1.54, 1.807) is 0 Å². The summed E-state index contributed by atoms with van der Waals surface area (Å²) >= 11 is 0. The number of methoxy groups -OCH3 is 1. The Balaban J connectivity index is 2.41.